The summed E-state index contributed by atoms with van der Waals surface area (Å²) >= 11 is 0. The van der Waals surface area contributed by atoms with Gasteiger partial charge < -0.3 is 10.6 Å². The topological polar surface area (TPSA) is 75.4 Å². The molecule has 1 heterocycles. The lowest BCUT2D eigenvalue weighted by atomic mass is 10.3. The first-order valence-electron chi connectivity index (χ1n) is 5.64. The summed E-state index contributed by atoms with van der Waals surface area (Å²) in [4.78, 5) is 2.04. The van der Waals surface area contributed by atoms with Gasteiger partial charge in [0.15, 0.2) is 0 Å². The monoisotopic (exact) mass is 273 g/mol. The van der Waals surface area contributed by atoms with Crippen LogP contribution in [0.4, 0.5) is 10.1 Å². The predicted molar refractivity (Wildman–Crippen MR) is 67.0 cm³/mol. The molecule has 0 amide bonds. The largest absolute Gasteiger partial charge is 0.396 e. The highest BCUT2D eigenvalue weighted by Crippen LogP contribution is 2.18. The van der Waals surface area contributed by atoms with Crippen molar-refractivity contribution in [1.29, 1.82) is 0 Å². The molecule has 0 saturated carbocycles. The molecule has 0 aromatic heterocycles. The maximum absolute atomic E-state index is 13.0. The molecular formula is C11H16FN3O2S. The number of halogens is 1. The van der Waals surface area contributed by atoms with Gasteiger partial charge in [0.2, 0.25) is 10.0 Å². The van der Waals surface area contributed by atoms with E-state index in [0.717, 1.165) is 25.1 Å². The molecule has 7 heteroatoms. The Morgan fingerprint density at radius 2 is 2.22 bits per heavy atom. The second-order valence-electron chi connectivity index (χ2n) is 4.55. The third-order valence-electron chi connectivity index (χ3n) is 2.99. The van der Waals surface area contributed by atoms with Gasteiger partial charge in [0.25, 0.3) is 0 Å². The van der Waals surface area contributed by atoms with Crippen LogP contribution in [0.1, 0.15) is 6.42 Å². The van der Waals surface area contributed by atoms with Crippen LogP contribution in [0.15, 0.2) is 23.1 Å². The molecule has 1 aromatic rings. The molecule has 1 saturated heterocycles. The maximum atomic E-state index is 13.0. The summed E-state index contributed by atoms with van der Waals surface area (Å²) in [6.07, 6.45) is 0.770. The summed E-state index contributed by atoms with van der Waals surface area (Å²) in [5, 5.41) is 0. The molecule has 1 atom stereocenters. The number of likely N-dealkylation sites (N-methyl/N-ethyl adjacent to an activating group) is 1. The summed E-state index contributed by atoms with van der Waals surface area (Å²) in [6, 6.07) is 3.31. The fraction of sp³-hybridized carbons (Fsp3) is 0.455. The Hall–Kier alpha value is -1.18. The molecule has 18 heavy (non-hydrogen) atoms. The van der Waals surface area contributed by atoms with E-state index in [2.05, 4.69) is 4.72 Å². The molecule has 0 spiro atoms. The van der Waals surface area contributed by atoms with Crippen LogP contribution in [0.5, 0.6) is 0 Å². The molecule has 3 N–H and O–H groups in total. The van der Waals surface area contributed by atoms with E-state index < -0.39 is 15.8 Å². The Morgan fingerprint density at radius 1 is 1.50 bits per heavy atom. The van der Waals surface area contributed by atoms with Crippen LogP contribution in [0, 0.1) is 5.82 Å². The lowest BCUT2D eigenvalue weighted by Gasteiger charge is -2.13. The zero-order valence-corrected chi connectivity index (χ0v) is 10.9. The van der Waals surface area contributed by atoms with Crippen molar-refractivity contribution >= 4 is 15.7 Å². The number of benzene rings is 1. The number of rotatable bonds is 3. The lowest BCUT2D eigenvalue weighted by Crippen LogP contribution is -2.36. The standard InChI is InChI=1S/C11H16FN3O2S/c1-15-5-4-8(7-15)14-18(16,17)9-2-3-10(12)11(13)6-9/h2-3,6,8,14H,4-5,7,13H2,1H3. The van der Waals surface area contributed by atoms with Crippen molar-refractivity contribution in [2.24, 2.45) is 0 Å². The number of nitrogens with zero attached hydrogens (tertiary/aromatic N) is 1. The molecule has 5 nitrogen and oxygen atoms in total. The Kier molecular flexibility index (Phi) is 3.56. The first kappa shape index (κ1) is 13.3. The first-order valence-corrected chi connectivity index (χ1v) is 7.13. The van der Waals surface area contributed by atoms with E-state index in [0.29, 0.717) is 6.54 Å². The Balaban J connectivity index is 2.17. The summed E-state index contributed by atoms with van der Waals surface area (Å²) in [5.74, 6) is -0.616. The fourth-order valence-corrected chi connectivity index (χ4v) is 3.30. The zero-order chi connectivity index (χ0) is 13.3. The van der Waals surface area contributed by atoms with Gasteiger partial charge in [-0.3, -0.25) is 0 Å². The summed E-state index contributed by atoms with van der Waals surface area (Å²) in [7, 11) is -1.70. The van der Waals surface area contributed by atoms with Gasteiger partial charge in [-0.2, -0.15) is 0 Å². The molecule has 1 aliphatic heterocycles. The van der Waals surface area contributed by atoms with Gasteiger partial charge in [-0.1, -0.05) is 0 Å². The Bertz CT molecular complexity index is 547. The van der Waals surface area contributed by atoms with Crippen molar-refractivity contribution in [3.8, 4) is 0 Å². The van der Waals surface area contributed by atoms with Crippen LogP contribution in [-0.2, 0) is 10.0 Å². The van der Waals surface area contributed by atoms with E-state index >= 15 is 0 Å². The fourth-order valence-electron chi connectivity index (χ4n) is 2.01. The van der Waals surface area contributed by atoms with E-state index in [1.165, 1.54) is 6.07 Å². The first-order chi connectivity index (χ1) is 8.38. The van der Waals surface area contributed by atoms with Crippen LogP contribution in [0.3, 0.4) is 0 Å². The molecular weight excluding hydrogens is 257 g/mol. The number of nitrogens with one attached hydrogen (secondary N) is 1. The molecule has 1 unspecified atom stereocenters. The molecule has 1 aromatic carbocycles. The van der Waals surface area contributed by atoms with Crippen LogP contribution in [-0.4, -0.2) is 39.5 Å². The van der Waals surface area contributed by atoms with Gasteiger partial charge in [0, 0.05) is 12.6 Å². The van der Waals surface area contributed by atoms with Gasteiger partial charge in [-0.05, 0) is 38.2 Å². The second-order valence-corrected chi connectivity index (χ2v) is 6.27. The summed E-state index contributed by atoms with van der Waals surface area (Å²) in [5.41, 5.74) is 5.21. The average molecular weight is 273 g/mol. The predicted octanol–water partition coefficient (Wildman–Crippen LogP) is 0.390. The highest BCUT2D eigenvalue weighted by Gasteiger charge is 2.25. The van der Waals surface area contributed by atoms with Gasteiger partial charge in [-0.25, -0.2) is 17.5 Å². The molecule has 0 radical (unpaired) electrons. The normalized spacial score (nSPS) is 21.3. The van der Waals surface area contributed by atoms with Gasteiger partial charge >= 0.3 is 0 Å². The number of nitrogens with two attached hydrogens (primary N) is 1. The number of sulfonamides is 1. The number of hydrogen-bond donors (Lipinski definition) is 2. The molecule has 0 bridgehead atoms. The summed E-state index contributed by atoms with van der Waals surface area (Å²) < 4.78 is 39.7. The van der Waals surface area contributed by atoms with E-state index in [4.69, 9.17) is 5.73 Å². The SMILES string of the molecule is CN1CCC(NS(=O)(=O)c2ccc(F)c(N)c2)C1. The van der Waals surface area contributed by atoms with E-state index in [1.807, 2.05) is 11.9 Å². The maximum Gasteiger partial charge on any atom is 0.240 e. The van der Waals surface area contributed by atoms with Crippen LogP contribution < -0.4 is 10.5 Å². The van der Waals surface area contributed by atoms with Gasteiger partial charge in [0.05, 0.1) is 10.6 Å². The minimum atomic E-state index is -3.63. The minimum absolute atomic E-state index is 0.00375. The van der Waals surface area contributed by atoms with Gasteiger partial charge in [0.1, 0.15) is 5.82 Å². The van der Waals surface area contributed by atoms with Gasteiger partial charge in [-0.15, -0.1) is 0 Å². The Morgan fingerprint density at radius 3 is 2.78 bits per heavy atom. The molecule has 1 fully saturated rings. The third-order valence-corrected chi connectivity index (χ3v) is 4.51. The average Bonchev–Trinajstić information content (AvgIpc) is 2.67. The van der Waals surface area contributed by atoms with Crippen molar-refractivity contribution in [1.82, 2.24) is 9.62 Å². The van der Waals surface area contributed by atoms with Crippen LogP contribution in [0.25, 0.3) is 0 Å². The van der Waals surface area contributed by atoms with Crippen LogP contribution in [0.2, 0.25) is 0 Å². The molecule has 100 valence electrons. The number of likely N-dealkylation sites (tertiary alicyclic amines) is 1. The third kappa shape index (κ3) is 2.80. The van der Waals surface area contributed by atoms with E-state index in [9.17, 15) is 12.8 Å². The van der Waals surface area contributed by atoms with Crippen molar-refractivity contribution in [3.05, 3.63) is 24.0 Å². The minimum Gasteiger partial charge on any atom is -0.396 e. The molecule has 2 rings (SSSR count). The molecule has 0 aliphatic carbocycles. The number of hydrogen-bond acceptors (Lipinski definition) is 4. The lowest BCUT2D eigenvalue weighted by molar-refractivity contribution is 0.407. The number of nitrogen functional groups attached to an aromatic ring is 1. The van der Waals surface area contributed by atoms with E-state index in [1.54, 1.807) is 0 Å². The van der Waals surface area contributed by atoms with Crippen LogP contribution >= 0.6 is 0 Å². The van der Waals surface area contributed by atoms with Crippen molar-refractivity contribution in [3.63, 3.8) is 0 Å². The van der Waals surface area contributed by atoms with Crippen molar-refractivity contribution in [2.45, 2.75) is 17.4 Å². The summed E-state index contributed by atoms with van der Waals surface area (Å²) in [6.45, 7) is 1.54. The second kappa shape index (κ2) is 4.83. The van der Waals surface area contributed by atoms with Crippen molar-refractivity contribution in [2.75, 3.05) is 25.9 Å². The zero-order valence-electron chi connectivity index (χ0n) is 10.1. The highest BCUT2D eigenvalue weighted by atomic mass is 32.2. The smallest absolute Gasteiger partial charge is 0.240 e. The number of anilines is 1. The van der Waals surface area contributed by atoms with Crippen molar-refractivity contribution < 1.29 is 12.8 Å². The molecule has 1 aliphatic rings. The van der Waals surface area contributed by atoms with E-state index in [-0.39, 0.29) is 16.6 Å². The highest BCUT2D eigenvalue weighted by molar-refractivity contribution is 7.89. The quantitative estimate of drug-likeness (QED) is 0.781. The Labute approximate surface area is 106 Å².